The largest absolute Gasteiger partial charge is 0.351 e. The molecule has 2 N–H and O–H groups in total. The molecule has 0 saturated heterocycles. The molecule has 106 valence electrons. The minimum atomic E-state index is -1.36. The zero-order valence-electron chi connectivity index (χ0n) is 10.6. The van der Waals surface area contributed by atoms with Crippen molar-refractivity contribution in [2.45, 2.75) is 0 Å². The van der Waals surface area contributed by atoms with Crippen molar-refractivity contribution < 1.29 is 18.0 Å². The Morgan fingerprint density at radius 2 is 1.81 bits per heavy atom. The number of carbonyl (C=O) groups is 1. The minimum absolute atomic E-state index is 0.167. The lowest BCUT2D eigenvalue weighted by molar-refractivity contribution is 0.102. The zero-order chi connectivity index (χ0) is 15.0. The molecular weight excluding hydrogens is 281 g/mol. The Balaban J connectivity index is 1.93. The van der Waals surface area contributed by atoms with Crippen LogP contribution in [0.2, 0.25) is 0 Å². The summed E-state index contributed by atoms with van der Waals surface area (Å²) in [4.78, 5) is 14.8. The molecule has 0 bridgehead atoms. The van der Waals surface area contributed by atoms with Crippen LogP contribution in [-0.2, 0) is 0 Å². The van der Waals surface area contributed by atoms with E-state index in [0.29, 0.717) is 6.07 Å². The number of carbonyl (C=O) groups excluding carboxylic acids is 1. The van der Waals surface area contributed by atoms with Gasteiger partial charge in [-0.1, -0.05) is 18.2 Å². The molecular formula is C15H9F3N2O. The van der Waals surface area contributed by atoms with Gasteiger partial charge in [0.25, 0.3) is 5.91 Å². The molecule has 6 heteroatoms. The van der Waals surface area contributed by atoms with E-state index in [2.05, 4.69) is 10.3 Å². The van der Waals surface area contributed by atoms with Crippen LogP contribution >= 0.6 is 0 Å². The fraction of sp³-hybridized carbons (Fsp3) is 0. The molecule has 0 unspecified atom stereocenters. The van der Waals surface area contributed by atoms with E-state index < -0.39 is 29.0 Å². The van der Waals surface area contributed by atoms with Crippen molar-refractivity contribution in [1.29, 1.82) is 0 Å². The zero-order valence-corrected chi connectivity index (χ0v) is 10.6. The van der Waals surface area contributed by atoms with Gasteiger partial charge >= 0.3 is 0 Å². The second kappa shape index (κ2) is 4.97. The number of hydrogen-bond donors (Lipinski definition) is 2. The summed E-state index contributed by atoms with van der Waals surface area (Å²) in [6.45, 7) is 0. The van der Waals surface area contributed by atoms with E-state index in [0.717, 1.165) is 17.0 Å². The number of aromatic amines is 1. The lowest BCUT2D eigenvalue weighted by Crippen LogP contribution is -2.14. The van der Waals surface area contributed by atoms with E-state index >= 15 is 0 Å². The molecule has 0 aliphatic heterocycles. The van der Waals surface area contributed by atoms with Crippen LogP contribution in [0.5, 0.6) is 0 Å². The van der Waals surface area contributed by atoms with E-state index in [9.17, 15) is 18.0 Å². The first-order valence-corrected chi connectivity index (χ1v) is 6.08. The summed E-state index contributed by atoms with van der Waals surface area (Å²) < 4.78 is 39.6. The number of benzene rings is 2. The van der Waals surface area contributed by atoms with E-state index in [1.807, 2.05) is 0 Å². The third kappa shape index (κ3) is 2.47. The minimum Gasteiger partial charge on any atom is -0.351 e. The number of hydrogen-bond acceptors (Lipinski definition) is 1. The predicted octanol–water partition coefficient (Wildman–Crippen LogP) is 3.84. The Morgan fingerprint density at radius 1 is 1.05 bits per heavy atom. The van der Waals surface area contributed by atoms with Crippen molar-refractivity contribution in [3.63, 3.8) is 0 Å². The molecule has 3 aromatic rings. The van der Waals surface area contributed by atoms with Crippen LogP contribution in [0.25, 0.3) is 10.9 Å². The SMILES string of the molecule is O=C(Nc1cc(F)cc(F)c1F)c1cc2ccccc2[nH]1. The van der Waals surface area contributed by atoms with Crippen molar-refractivity contribution in [2.24, 2.45) is 0 Å². The molecule has 0 spiro atoms. The van der Waals surface area contributed by atoms with Crippen molar-refractivity contribution in [3.05, 3.63) is 65.6 Å². The molecule has 0 aliphatic carbocycles. The number of aromatic nitrogens is 1. The lowest BCUT2D eigenvalue weighted by Gasteiger charge is -2.06. The standard InChI is InChI=1S/C15H9F3N2O/c16-9-6-10(17)14(18)12(7-9)20-15(21)13-5-8-3-1-2-4-11(8)19-13/h1-7,19H,(H,20,21). The Bertz CT molecular complexity index is 809. The number of halogens is 3. The number of nitrogens with one attached hydrogen (secondary N) is 2. The summed E-state index contributed by atoms with van der Waals surface area (Å²) in [5, 5.41) is 2.94. The van der Waals surface area contributed by atoms with Gasteiger partial charge in [0.1, 0.15) is 11.5 Å². The quantitative estimate of drug-likeness (QED) is 0.692. The van der Waals surface area contributed by atoms with Gasteiger partial charge in [-0.3, -0.25) is 4.79 Å². The fourth-order valence-corrected chi connectivity index (χ4v) is 2.03. The highest BCUT2D eigenvalue weighted by molar-refractivity contribution is 6.05. The Kier molecular flexibility index (Phi) is 3.13. The first kappa shape index (κ1) is 13.2. The molecule has 1 heterocycles. The second-order valence-corrected chi connectivity index (χ2v) is 4.47. The molecule has 1 amide bonds. The van der Waals surface area contributed by atoms with E-state index in [-0.39, 0.29) is 5.69 Å². The van der Waals surface area contributed by atoms with Crippen molar-refractivity contribution >= 4 is 22.5 Å². The third-order valence-electron chi connectivity index (χ3n) is 3.02. The molecule has 21 heavy (non-hydrogen) atoms. The first-order valence-electron chi connectivity index (χ1n) is 6.08. The van der Waals surface area contributed by atoms with Crippen LogP contribution in [0.3, 0.4) is 0 Å². The number of rotatable bonds is 2. The second-order valence-electron chi connectivity index (χ2n) is 4.47. The third-order valence-corrected chi connectivity index (χ3v) is 3.02. The maximum atomic E-state index is 13.5. The molecule has 0 saturated carbocycles. The predicted molar refractivity (Wildman–Crippen MR) is 72.6 cm³/mol. The van der Waals surface area contributed by atoms with Crippen LogP contribution in [-0.4, -0.2) is 10.9 Å². The topological polar surface area (TPSA) is 44.9 Å². The van der Waals surface area contributed by atoms with E-state index in [4.69, 9.17) is 0 Å². The molecule has 0 aliphatic rings. The number of H-pyrrole nitrogens is 1. The highest BCUT2D eigenvalue weighted by Gasteiger charge is 2.15. The summed E-state index contributed by atoms with van der Waals surface area (Å²) in [6, 6.07) is 9.87. The van der Waals surface area contributed by atoms with Crippen molar-refractivity contribution in [1.82, 2.24) is 4.98 Å². The Labute approximate surface area is 117 Å². The number of para-hydroxylation sites is 1. The van der Waals surface area contributed by atoms with Crippen molar-refractivity contribution in [2.75, 3.05) is 5.32 Å². The van der Waals surface area contributed by atoms with Gasteiger partial charge in [-0.15, -0.1) is 0 Å². The van der Waals surface area contributed by atoms with Gasteiger partial charge in [-0.25, -0.2) is 13.2 Å². The van der Waals surface area contributed by atoms with E-state index in [1.54, 1.807) is 30.3 Å². The molecule has 1 aromatic heterocycles. The lowest BCUT2D eigenvalue weighted by atomic mass is 10.2. The van der Waals surface area contributed by atoms with Crippen molar-refractivity contribution in [3.8, 4) is 0 Å². The summed E-state index contributed by atoms with van der Waals surface area (Å²) in [5.74, 6) is -4.32. The summed E-state index contributed by atoms with van der Waals surface area (Å²) in [7, 11) is 0. The van der Waals surface area contributed by atoms with Gasteiger partial charge in [-0.2, -0.15) is 0 Å². The maximum absolute atomic E-state index is 13.5. The Hall–Kier alpha value is -2.76. The van der Waals surface area contributed by atoms with Crippen LogP contribution in [0.15, 0.2) is 42.5 Å². The summed E-state index contributed by atoms with van der Waals surface area (Å²) in [5.41, 5.74) is 0.352. The van der Waals surface area contributed by atoms with E-state index in [1.165, 1.54) is 0 Å². The van der Waals surface area contributed by atoms with Crippen LogP contribution in [0, 0.1) is 17.5 Å². The highest BCUT2D eigenvalue weighted by atomic mass is 19.2. The van der Waals surface area contributed by atoms with Crippen LogP contribution < -0.4 is 5.32 Å². The molecule has 0 radical (unpaired) electrons. The summed E-state index contributed by atoms with van der Waals surface area (Å²) in [6.07, 6.45) is 0. The van der Waals surface area contributed by atoms with Gasteiger partial charge in [0.15, 0.2) is 11.6 Å². The first-order chi connectivity index (χ1) is 10.0. The molecule has 2 aromatic carbocycles. The smallest absolute Gasteiger partial charge is 0.272 e. The van der Waals surface area contributed by atoms with Crippen LogP contribution in [0.4, 0.5) is 18.9 Å². The van der Waals surface area contributed by atoms with Crippen LogP contribution in [0.1, 0.15) is 10.5 Å². The van der Waals surface area contributed by atoms with Gasteiger partial charge in [0.05, 0.1) is 5.69 Å². The van der Waals surface area contributed by atoms with Gasteiger partial charge in [-0.05, 0) is 12.1 Å². The normalized spacial score (nSPS) is 10.8. The fourth-order valence-electron chi connectivity index (χ4n) is 2.03. The number of fused-ring (bicyclic) bond motifs is 1. The summed E-state index contributed by atoms with van der Waals surface area (Å²) >= 11 is 0. The number of anilines is 1. The van der Waals surface area contributed by atoms with Gasteiger partial charge in [0.2, 0.25) is 0 Å². The molecule has 0 atom stereocenters. The molecule has 3 rings (SSSR count). The van der Waals surface area contributed by atoms with Gasteiger partial charge in [0, 0.05) is 23.0 Å². The average Bonchev–Trinajstić information content (AvgIpc) is 2.88. The Morgan fingerprint density at radius 3 is 2.57 bits per heavy atom. The molecule has 3 nitrogen and oxygen atoms in total. The highest BCUT2D eigenvalue weighted by Crippen LogP contribution is 2.21. The van der Waals surface area contributed by atoms with Gasteiger partial charge < -0.3 is 10.3 Å². The number of amides is 1. The monoisotopic (exact) mass is 290 g/mol. The maximum Gasteiger partial charge on any atom is 0.272 e. The average molecular weight is 290 g/mol. The molecule has 0 fully saturated rings.